The lowest BCUT2D eigenvalue weighted by Crippen LogP contribution is -2.26. The van der Waals surface area contributed by atoms with E-state index in [1.807, 2.05) is 6.07 Å². The lowest BCUT2D eigenvalue weighted by molar-refractivity contribution is 0.102. The quantitative estimate of drug-likeness (QED) is 0.542. The molecule has 0 heterocycles. The number of benzene rings is 3. The minimum absolute atomic E-state index is 0.111. The van der Waals surface area contributed by atoms with Crippen molar-refractivity contribution in [2.24, 2.45) is 0 Å². The second-order valence-corrected chi connectivity index (χ2v) is 9.36. The van der Waals surface area contributed by atoms with Gasteiger partial charge in [-0.15, -0.1) is 0 Å². The molecule has 0 atom stereocenters. The SMILES string of the molecule is CN(Cc1ccccc1)S(=O)(=O)c1ccc(NC(=O)c2ccc(Cl)cc2Cl)c(F)c1. The van der Waals surface area contributed by atoms with Crippen LogP contribution in [0.15, 0.2) is 71.6 Å². The van der Waals surface area contributed by atoms with Gasteiger partial charge in [0, 0.05) is 18.6 Å². The first kappa shape index (κ1) is 22.2. The molecule has 0 aliphatic rings. The van der Waals surface area contributed by atoms with Gasteiger partial charge >= 0.3 is 0 Å². The van der Waals surface area contributed by atoms with Crippen molar-refractivity contribution in [3.05, 3.63) is 93.7 Å². The van der Waals surface area contributed by atoms with Gasteiger partial charge < -0.3 is 5.32 Å². The number of anilines is 1. The van der Waals surface area contributed by atoms with Crippen LogP contribution in [0.2, 0.25) is 10.0 Å². The van der Waals surface area contributed by atoms with Crippen molar-refractivity contribution in [2.75, 3.05) is 12.4 Å². The second-order valence-electron chi connectivity index (χ2n) is 6.47. The number of amides is 1. The van der Waals surface area contributed by atoms with Gasteiger partial charge in [0.2, 0.25) is 10.0 Å². The molecule has 0 unspecified atom stereocenters. The fourth-order valence-corrected chi connectivity index (χ4v) is 4.39. The fourth-order valence-electron chi connectivity index (χ4n) is 2.73. The summed E-state index contributed by atoms with van der Waals surface area (Å²) in [6.07, 6.45) is 0. The summed E-state index contributed by atoms with van der Waals surface area (Å²) in [6, 6.07) is 16.6. The Kier molecular flexibility index (Phi) is 6.77. The number of nitrogens with one attached hydrogen (secondary N) is 1. The van der Waals surface area contributed by atoms with Crippen molar-refractivity contribution in [1.29, 1.82) is 0 Å². The highest BCUT2D eigenvalue weighted by atomic mass is 35.5. The number of hydrogen-bond donors (Lipinski definition) is 1. The van der Waals surface area contributed by atoms with Gasteiger partial charge in [-0.05, 0) is 42.0 Å². The van der Waals surface area contributed by atoms with Gasteiger partial charge in [0.25, 0.3) is 5.91 Å². The minimum atomic E-state index is -3.92. The van der Waals surface area contributed by atoms with Crippen LogP contribution < -0.4 is 5.32 Å². The van der Waals surface area contributed by atoms with Gasteiger partial charge in [0.1, 0.15) is 5.82 Å². The maximum absolute atomic E-state index is 14.6. The maximum Gasteiger partial charge on any atom is 0.257 e. The van der Waals surface area contributed by atoms with Gasteiger partial charge in [-0.2, -0.15) is 4.31 Å². The molecule has 0 aromatic heterocycles. The van der Waals surface area contributed by atoms with E-state index in [9.17, 15) is 17.6 Å². The van der Waals surface area contributed by atoms with Crippen molar-refractivity contribution in [2.45, 2.75) is 11.4 Å². The number of nitrogens with zero attached hydrogens (tertiary/aromatic N) is 1. The third-order valence-corrected chi connectivity index (χ3v) is 6.67. The summed E-state index contributed by atoms with van der Waals surface area (Å²) in [7, 11) is -2.51. The van der Waals surface area contributed by atoms with Crippen LogP contribution in [0.5, 0.6) is 0 Å². The molecule has 3 aromatic carbocycles. The predicted octanol–water partition coefficient (Wildman–Crippen LogP) is 5.21. The van der Waals surface area contributed by atoms with E-state index < -0.39 is 21.7 Å². The zero-order valence-corrected chi connectivity index (χ0v) is 18.1. The van der Waals surface area contributed by atoms with Crippen LogP contribution in [0, 0.1) is 5.82 Å². The summed E-state index contributed by atoms with van der Waals surface area (Å²) >= 11 is 11.8. The van der Waals surface area contributed by atoms with E-state index in [2.05, 4.69) is 5.32 Å². The van der Waals surface area contributed by atoms with Gasteiger partial charge in [-0.25, -0.2) is 12.8 Å². The van der Waals surface area contributed by atoms with Crippen molar-refractivity contribution < 1.29 is 17.6 Å². The van der Waals surface area contributed by atoms with Crippen LogP contribution in [-0.4, -0.2) is 25.7 Å². The molecule has 0 aliphatic carbocycles. The van der Waals surface area contributed by atoms with E-state index in [1.54, 1.807) is 24.3 Å². The first-order valence-electron chi connectivity index (χ1n) is 8.74. The van der Waals surface area contributed by atoms with Gasteiger partial charge in [-0.1, -0.05) is 53.5 Å². The van der Waals surface area contributed by atoms with Crippen molar-refractivity contribution in [1.82, 2.24) is 4.31 Å². The molecular formula is C21H17Cl2FN2O3S. The van der Waals surface area contributed by atoms with Crippen LogP contribution in [-0.2, 0) is 16.6 Å². The Labute approximate surface area is 184 Å². The minimum Gasteiger partial charge on any atom is -0.319 e. The molecule has 30 heavy (non-hydrogen) atoms. The highest BCUT2D eigenvalue weighted by Crippen LogP contribution is 2.25. The number of hydrogen-bond acceptors (Lipinski definition) is 3. The lowest BCUT2D eigenvalue weighted by atomic mass is 10.2. The smallest absolute Gasteiger partial charge is 0.257 e. The summed E-state index contributed by atoms with van der Waals surface area (Å²) in [5, 5.41) is 2.86. The third-order valence-electron chi connectivity index (χ3n) is 4.32. The molecule has 3 rings (SSSR count). The first-order valence-corrected chi connectivity index (χ1v) is 10.9. The van der Waals surface area contributed by atoms with Crippen molar-refractivity contribution >= 4 is 44.8 Å². The van der Waals surface area contributed by atoms with Crippen LogP contribution in [0.1, 0.15) is 15.9 Å². The molecule has 0 spiro atoms. The topological polar surface area (TPSA) is 66.5 Å². The van der Waals surface area contributed by atoms with E-state index in [0.717, 1.165) is 15.9 Å². The molecule has 5 nitrogen and oxygen atoms in total. The Morgan fingerprint density at radius 2 is 1.73 bits per heavy atom. The monoisotopic (exact) mass is 466 g/mol. The number of sulfonamides is 1. The van der Waals surface area contributed by atoms with Crippen LogP contribution in [0.4, 0.5) is 10.1 Å². The summed E-state index contributed by atoms with van der Waals surface area (Å²) in [5.41, 5.74) is 0.739. The number of carbonyl (C=O) groups excluding carboxylic acids is 1. The first-order chi connectivity index (χ1) is 14.2. The standard InChI is InChI=1S/C21H17Cl2FN2O3S/c1-26(13-14-5-3-2-4-6-14)30(28,29)16-8-10-20(19(24)12-16)25-21(27)17-9-7-15(22)11-18(17)23/h2-12H,13H2,1H3,(H,25,27). The van der Waals surface area contributed by atoms with E-state index >= 15 is 0 Å². The van der Waals surface area contributed by atoms with E-state index in [-0.39, 0.29) is 27.7 Å². The van der Waals surface area contributed by atoms with Gasteiger partial charge in [0.05, 0.1) is 21.2 Å². The largest absolute Gasteiger partial charge is 0.319 e. The highest BCUT2D eigenvalue weighted by molar-refractivity contribution is 7.89. The van der Waals surface area contributed by atoms with Crippen LogP contribution in [0.25, 0.3) is 0 Å². The molecule has 0 bridgehead atoms. The highest BCUT2D eigenvalue weighted by Gasteiger charge is 2.23. The molecule has 0 saturated carbocycles. The van der Waals surface area contributed by atoms with Crippen LogP contribution in [0.3, 0.4) is 0 Å². The molecule has 1 amide bonds. The summed E-state index contributed by atoms with van der Waals surface area (Å²) in [6.45, 7) is 0.137. The second kappa shape index (κ2) is 9.14. The Morgan fingerprint density at radius 1 is 1.03 bits per heavy atom. The average Bonchev–Trinajstić information content (AvgIpc) is 2.70. The molecule has 0 fully saturated rings. The molecule has 0 saturated heterocycles. The fraction of sp³-hybridized carbons (Fsp3) is 0.0952. The average molecular weight is 467 g/mol. The Morgan fingerprint density at radius 3 is 2.37 bits per heavy atom. The Hall–Kier alpha value is -2.45. The van der Waals surface area contributed by atoms with Gasteiger partial charge in [-0.3, -0.25) is 4.79 Å². The molecule has 0 aliphatic heterocycles. The zero-order chi connectivity index (χ0) is 21.9. The molecule has 0 radical (unpaired) electrons. The number of carbonyl (C=O) groups is 1. The van der Waals surface area contributed by atoms with E-state index in [0.29, 0.717) is 5.02 Å². The van der Waals surface area contributed by atoms with Gasteiger partial charge in [0.15, 0.2) is 0 Å². The van der Waals surface area contributed by atoms with E-state index in [1.165, 1.54) is 37.4 Å². The predicted molar refractivity (Wildman–Crippen MR) is 116 cm³/mol. The Balaban J connectivity index is 1.79. The summed E-state index contributed by atoms with van der Waals surface area (Å²) < 4.78 is 41.2. The van der Waals surface area contributed by atoms with Crippen molar-refractivity contribution in [3.8, 4) is 0 Å². The lowest BCUT2D eigenvalue weighted by Gasteiger charge is -2.18. The normalized spacial score (nSPS) is 11.5. The molecule has 156 valence electrons. The molecular weight excluding hydrogens is 450 g/mol. The number of halogens is 3. The Bertz CT molecular complexity index is 1190. The van der Waals surface area contributed by atoms with E-state index in [4.69, 9.17) is 23.2 Å². The third kappa shape index (κ3) is 4.99. The van der Waals surface area contributed by atoms with Crippen molar-refractivity contribution in [3.63, 3.8) is 0 Å². The number of rotatable bonds is 6. The molecule has 1 N–H and O–H groups in total. The summed E-state index contributed by atoms with van der Waals surface area (Å²) in [5.74, 6) is -1.53. The molecule has 9 heteroatoms. The van der Waals surface area contributed by atoms with Crippen LogP contribution >= 0.6 is 23.2 Å². The maximum atomic E-state index is 14.6. The molecule has 3 aromatic rings. The zero-order valence-electron chi connectivity index (χ0n) is 15.8. The summed E-state index contributed by atoms with van der Waals surface area (Å²) in [4.78, 5) is 12.1.